The third kappa shape index (κ3) is 2.50. The summed E-state index contributed by atoms with van der Waals surface area (Å²) in [4.78, 5) is 11.9. The number of ether oxygens (including phenoxy) is 1. The van der Waals surface area contributed by atoms with Crippen LogP contribution in [0, 0.1) is 5.92 Å². The number of anilines is 1. The molecule has 3 atom stereocenters. The maximum absolute atomic E-state index is 11.9. The first-order valence-electron chi connectivity index (χ1n) is 7.05. The Morgan fingerprint density at radius 1 is 1.45 bits per heavy atom. The third-order valence-corrected chi connectivity index (χ3v) is 4.53. The van der Waals surface area contributed by atoms with Crippen LogP contribution >= 0.6 is 11.6 Å². The topological polar surface area (TPSA) is 50.4 Å². The van der Waals surface area contributed by atoms with Gasteiger partial charge in [0, 0.05) is 22.8 Å². The van der Waals surface area contributed by atoms with Gasteiger partial charge in [-0.3, -0.25) is 4.79 Å². The molecule has 2 heterocycles. The minimum atomic E-state index is -0.113. The van der Waals surface area contributed by atoms with Crippen LogP contribution < -0.4 is 10.6 Å². The van der Waals surface area contributed by atoms with Crippen molar-refractivity contribution >= 4 is 23.3 Å². The highest BCUT2D eigenvalue weighted by Gasteiger charge is 2.39. The molecule has 0 saturated carbocycles. The monoisotopic (exact) mass is 294 g/mol. The lowest BCUT2D eigenvalue weighted by Gasteiger charge is -2.35. The molecule has 108 valence electrons. The van der Waals surface area contributed by atoms with Crippen LogP contribution in [-0.2, 0) is 16.0 Å². The number of hydrogen-bond acceptors (Lipinski definition) is 4. The van der Waals surface area contributed by atoms with Crippen LogP contribution in [0.2, 0.25) is 5.02 Å². The number of piperidine rings is 1. The van der Waals surface area contributed by atoms with E-state index in [0.29, 0.717) is 0 Å². The van der Waals surface area contributed by atoms with Crippen molar-refractivity contribution in [1.82, 2.24) is 5.32 Å². The van der Waals surface area contributed by atoms with Gasteiger partial charge in [-0.15, -0.1) is 0 Å². The number of hydrogen-bond donors (Lipinski definition) is 2. The van der Waals surface area contributed by atoms with Crippen LogP contribution in [0.3, 0.4) is 0 Å². The summed E-state index contributed by atoms with van der Waals surface area (Å²) in [6, 6.07) is 6.23. The highest BCUT2D eigenvalue weighted by atomic mass is 35.5. The van der Waals surface area contributed by atoms with Crippen molar-refractivity contribution in [3.05, 3.63) is 28.8 Å². The molecule has 2 aliphatic rings. The second-order valence-corrected chi connectivity index (χ2v) is 5.94. The lowest BCUT2D eigenvalue weighted by Crippen LogP contribution is -2.53. The Morgan fingerprint density at radius 2 is 2.30 bits per heavy atom. The van der Waals surface area contributed by atoms with Crippen molar-refractivity contribution in [3.8, 4) is 0 Å². The highest BCUT2D eigenvalue weighted by Crippen LogP contribution is 2.33. The number of rotatable bonds is 2. The Balaban J connectivity index is 1.78. The van der Waals surface area contributed by atoms with Crippen molar-refractivity contribution < 1.29 is 9.53 Å². The molecule has 1 aromatic rings. The molecule has 0 bridgehead atoms. The molecule has 0 spiro atoms. The van der Waals surface area contributed by atoms with Gasteiger partial charge in [0.15, 0.2) is 0 Å². The summed E-state index contributed by atoms with van der Waals surface area (Å²) in [7, 11) is 1.46. The summed E-state index contributed by atoms with van der Waals surface area (Å²) in [5.41, 5.74) is 2.34. The second-order valence-electron chi connectivity index (χ2n) is 5.51. The zero-order valence-corrected chi connectivity index (χ0v) is 12.2. The Kier molecular flexibility index (Phi) is 3.85. The first kappa shape index (κ1) is 13.7. The van der Waals surface area contributed by atoms with Crippen molar-refractivity contribution in [3.63, 3.8) is 0 Å². The largest absolute Gasteiger partial charge is 0.469 e. The molecule has 5 heteroatoms. The van der Waals surface area contributed by atoms with Crippen molar-refractivity contribution in [1.29, 1.82) is 0 Å². The van der Waals surface area contributed by atoms with Crippen LogP contribution in [0.4, 0.5) is 5.69 Å². The summed E-state index contributed by atoms with van der Waals surface area (Å²) in [6.07, 6.45) is 2.79. The zero-order chi connectivity index (χ0) is 14.1. The lowest BCUT2D eigenvalue weighted by atomic mass is 9.85. The van der Waals surface area contributed by atoms with Crippen molar-refractivity contribution in [2.24, 2.45) is 5.92 Å². The minimum Gasteiger partial charge on any atom is -0.469 e. The molecule has 0 aromatic heterocycles. The van der Waals surface area contributed by atoms with Crippen LogP contribution in [0.15, 0.2) is 18.2 Å². The van der Waals surface area contributed by atoms with Gasteiger partial charge in [-0.25, -0.2) is 0 Å². The van der Waals surface area contributed by atoms with Crippen LogP contribution in [0.25, 0.3) is 0 Å². The summed E-state index contributed by atoms with van der Waals surface area (Å²) in [5.74, 6) is -0.186. The smallest absolute Gasteiger partial charge is 0.310 e. The minimum absolute atomic E-state index is 0.0731. The molecule has 2 N–H and O–H groups in total. The number of methoxy groups -OCH3 is 1. The van der Waals surface area contributed by atoms with E-state index in [0.717, 1.165) is 36.5 Å². The maximum Gasteiger partial charge on any atom is 0.310 e. The van der Waals surface area contributed by atoms with Gasteiger partial charge in [-0.2, -0.15) is 0 Å². The number of benzene rings is 1. The fraction of sp³-hybridized carbons (Fsp3) is 0.533. The van der Waals surface area contributed by atoms with Crippen LogP contribution in [0.1, 0.15) is 18.4 Å². The normalized spacial score (nSPS) is 28.6. The van der Waals surface area contributed by atoms with Crippen LogP contribution in [-0.4, -0.2) is 31.7 Å². The Hall–Kier alpha value is -1.26. The quantitative estimate of drug-likeness (QED) is 0.821. The number of halogens is 1. The summed E-state index contributed by atoms with van der Waals surface area (Å²) >= 11 is 6.04. The van der Waals surface area contributed by atoms with E-state index in [2.05, 4.69) is 10.6 Å². The molecule has 1 fully saturated rings. The van der Waals surface area contributed by atoms with Crippen molar-refractivity contribution in [2.75, 3.05) is 19.0 Å². The number of nitrogens with one attached hydrogen (secondary N) is 2. The molecule has 3 rings (SSSR count). The van der Waals surface area contributed by atoms with Gasteiger partial charge in [0.2, 0.25) is 0 Å². The van der Waals surface area contributed by atoms with Gasteiger partial charge in [-0.05, 0) is 49.6 Å². The van der Waals surface area contributed by atoms with Gasteiger partial charge in [0.25, 0.3) is 0 Å². The molecule has 1 saturated heterocycles. The molecular weight excluding hydrogens is 276 g/mol. The van der Waals surface area contributed by atoms with E-state index in [9.17, 15) is 4.79 Å². The number of esters is 1. The van der Waals surface area contributed by atoms with E-state index in [1.54, 1.807) is 0 Å². The maximum atomic E-state index is 11.9. The Morgan fingerprint density at radius 3 is 3.10 bits per heavy atom. The van der Waals surface area contributed by atoms with E-state index in [1.807, 2.05) is 18.2 Å². The van der Waals surface area contributed by atoms with Crippen LogP contribution in [0.5, 0.6) is 0 Å². The van der Waals surface area contributed by atoms with Gasteiger partial charge in [-0.1, -0.05) is 11.6 Å². The molecule has 0 radical (unpaired) electrons. The van der Waals surface area contributed by atoms with Gasteiger partial charge in [0.05, 0.1) is 13.0 Å². The van der Waals surface area contributed by atoms with E-state index in [4.69, 9.17) is 16.3 Å². The van der Waals surface area contributed by atoms with E-state index in [1.165, 1.54) is 12.7 Å². The average Bonchev–Trinajstić information content (AvgIpc) is 2.89. The summed E-state index contributed by atoms with van der Waals surface area (Å²) in [5, 5.41) is 7.75. The fourth-order valence-electron chi connectivity index (χ4n) is 3.33. The van der Waals surface area contributed by atoms with Gasteiger partial charge >= 0.3 is 5.97 Å². The predicted octanol–water partition coefficient (Wildman–Crippen LogP) is 2.22. The fourth-order valence-corrected chi connectivity index (χ4v) is 3.52. The second kappa shape index (κ2) is 5.62. The number of carbonyl (C=O) groups excluding carboxylic acids is 1. The zero-order valence-electron chi connectivity index (χ0n) is 11.5. The molecule has 0 amide bonds. The average molecular weight is 295 g/mol. The van der Waals surface area contributed by atoms with E-state index < -0.39 is 0 Å². The third-order valence-electron chi connectivity index (χ3n) is 4.29. The molecule has 4 nitrogen and oxygen atoms in total. The molecular formula is C15H19ClN2O2. The SMILES string of the molecule is COC(=O)C1CCCNC1C1Cc2cc(Cl)ccc2N1. The number of fused-ring (bicyclic) bond motifs is 1. The summed E-state index contributed by atoms with van der Waals surface area (Å²) < 4.78 is 4.95. The first-order chi connectivity index (χ1) is 9.69. The van der Waals surface area contributed by atoms with Gasteiger partial charge < -0.3 is 15.4 Å². The summed E-state index contributed by atoms with van der Waals surface area (Å²) in [6.45, 7) is 0.952. The standard InChI is InChI=1S/C15H19ClN2O2/c1-20-15(19)11-3-2-6-17-14(11)13-8-9-7-10(16)4-5-12(9)18-13/h4-5,7,11,13-14,17-18H,2-3,6,8H2,1H3. The van der Waals surface area contributed by atoms with Crippen molar-refractivity contribution in [2.45, 2.75) is 31.3 Å². The van der Waals surface area contributed by atoms with E-state index in [-0.39, 0.29) is 24.0 Å². The molecule has 3 unspecified atom stereocenters. The lowest BCUT2D eigenvalue weighted by molar-refractivity contribution is -0.147. The molecule has 0 aliphatic carbocycles. The predicted molar refractivity (Wildman–Crippen MR) is 79.1 cm³/mol. The molecule has 2 aliphatic heterocycles. The van der Waals surface area contributed by atoms with E-state index >= 15 is 0 Å². The molecule has 20 heavy (non-hydrogen) atoms. The van der Waals surface area contributed by atoms with Gasteiger partial charge in [0.1, 0.15) is 0 Å². The molecule has 1 aromatic carbocycles. The number of carbonyl (C=O) groups is 1. The first-order valence-corrected chi connectivity index (χ1v) is 7.43. The highest BCUT2D eigenvalue weighted by molar-refractivity contribution is 6.30. The Labute approximate surface area is 123 Å². The Bertz CT molecular complexity index is 521.